The van der Waals surface area contributed by atoms with Gasteiger partial charge in [-0.25, -0.2) is 0 Å². The lowest BCUT2D eigenvalue weighted by Gasteiger charge is -2.13. The Bertz CT molecular complexity index is 1580. The summed E-state index contributed by atoms with van der Waals surface area (Å²) in [6.07, 6.45) is 1.50. The van der Waals surface area contributed by atoms with Crippen LogP contribution in [0.3, 0.4) is 0 Å². The first-order valence-electron chi connectivity index (χ1n) is 11.8. The van der Waals surface area contributed by atoms with Crippen LogP contribution in [0.1, 0.15) is 21.7 Å². The minimum absolute atomic E-state index is 0.0199. The summed E-state index contributed by atoms with van der Waals surface area (Å²) in [6.45, 7) is 1.99. The highest BCUT2D eigenvalue weighted by Gasteiger charge is 2.39. The summed E-state index contributed by atoms with van der Waals surface area (Å²) < 4.78 is 5.36. The fourth-order valence-electron chi connectivity index (χ4n) is 3.84. The van der Waals surface area contributed by atoms with Crippen molar-refractivity contribution in [2.24, 2.45) is 0 Å². The van der Waals surface area contributed by atoms with E-state index in [2.05, 4.69) is 10.6 Å². The maximum Gasteiger partial charge on any atom is 0.278 e. The van der Waals surface area contributed by atoms with Gasteiger partial charge in [-0.2, -0.15) is 0 Å². The summed E-state index contributed by atoms with van der Waals surface area (Å²) in [5.41, 5.74) is 2.78. The molecule has 4 aromatic rings. The summed E-state index contributed by atoms with van der Waals surface area (Å²) >= 11 is 13.2. The van der Waals surface area contributed by atoms with Crippen LogP contribution in [0.25, 0.3) is 0 Å². The van der Waals surface area contributed by atoms with Gasteiger partial charge in [0, 0.05) is 21.3 Å². The average molecular weight is 578 g/mol. The van der Waals surface area contributed by atoms with Crippen molar-refractivity contribution in [3.63, 3.8) is 0 Å². The van der Waals surface area contributed by atoms with E-state index in [-0.39, 0.29) is 28.1 Å². The Kier molecular flexibility index (Phi) is 7.79. The van der Waals surface area contributed by atoms with Crippen molar-refractivity contribution < 1.29 is 18.8 Å². The average Bonchev–Trinajstić information content (AvgIpc) is 3.50. The fraction of sp³-hybridized carbons (Fsp3) is 0.0690. The Morgan fingerprint density at radius 1 is 0.923 bits per heavy atom. The van der Waals surface area contributed by atoms with E-state index in [1.807, 2.05) is 31.2 Å². The molecular weight excluding hydrogens is 557 g/mol. The minimum atomic E-state index is -0.441. The van der Waals surface area contributed by atoms with Gasteiger partial charge in [-0.05, 0) is 73.7 Å². The van der Waals surface area contributed by atoms with Gasteiger partial charge in [-0.3, -0.25) is 19.3 Å². The number of carbonyl (C=O) groups is 3. The third-order valence-corrected chi connectivity index (χ3v) is 7.49. The Morgan fingerprint density at radius 2 is 1.64 bits per heavy atom. The predicted octanol–water partition coefficient (Wildman–Crippen LogP) is 7.13. The lowest BCUT2D eigenvalue weighted by Crippen LogP contribution is -2.31. The van der Waals surface area contributed by atoms with E-state index in [4.69, 9.17) is 27.6 Å². The molecule has 3 aromatic carbocycles. The number of carbonyl (C=O) groups excluding carboxylic acids is 3. The second-order valence-electron chi connectivity index (χ2n) is 8.68. The first-order chi connectivity index (χ1) is 18.8. The monoisotopic (exact) mass is 577 g/mol. The van der Waals surface area contributed by atoms with E-state index in [9.17, 15) is 14.4 Å². The van der Waals surface area contributed by atoms with Crippen LogP contribution < -0.4 is 10.6 Å². The number of furan rings is 1. The van der Waals surface area contributed by atoms with Gasteiger partial charge in [0.1, 0.15) is 16.4 Å². The summed E-state index contributed by atoms with van der Waals surface area (Å²) in [6, 6.07) is 22.5. The summed E-state index contributed by atoms with van der Waals surface area (Å²) in [5, 5.41) is 6.61. The van der Waals surface area contributed by atoms with Gasteiger partial charge in [0.2, 0.25) is 0 Å². The van der Waals surface area contributed by atoms with Crippen LogP contribution in [0.4, 0.5) is 11.4 Å². The maximum atomic E-state index is 13.4. The Morgan fingerprint density at radius 3 is 2.31 bits per heavy atom. The van der Waals surface area contributed by atoms with Crippen molar-refractivity contribution >= 4 is 64.1 Å². The number of nitrogens with one attached hydrogen (secondary N) is 2. The smallest absolute Gasteiger partial charge is 0.278 e. The molecule has 0 unspecified atom stereocenters. The van der Waals surface area contributed by atoms with Gasteiger partial charge >= 0.3 is 0 Å². The molecule has 0 saturated heterocycles. The molecule has 2 N–H and O–H groups in total. The number of anilines is 2. The molecular formula is C29H21Cl2N3O4S. The molecule has 10 heteroatoms. The molecule has 0 atom stereocenters. The second-order valence-corrected chi connectivity index (χ2v) is 10.6. The van der Waals surface area contributed by atoms with Gasteiger partial charge in [-0.15, -0.1) is 0 Å². The van der Waals surface area contributed by atoms with Crippen molar-refractivity contribution in [2.45, 2.75) is 18.4 Å². The van der Waals surface area contributed by atoms with Gasteiger partial charge in [0.15, 0.2) is 0 Å². The molecule has 5 rings (SSSR count). The van der Waals surface area contributed by atoms with Gasteiger partial charge in [0.05, 0.1) is 23.4 Å². The van der Waals surface area contributed by atoms with Crippen molar-refractivity contribution in [3.05, 3.63) is 123 Å². The third kappa shape index (κ3) is 6.04. The van der Waals surface area contributed by atoms with E-state index >= 15 is 0 Å². The lowest BCUT2D eigenvalue weighted by atomic mass is 10.2. The molecule has 0 spiro atoms. The third-order valence-electron chi connectivity index (χ3n) is 5.85. The van der Waals surface area contributed by atoms with Gasteiger partial charge < -0.3 is 15.1 Å². The van der Waals surface area contributed by atoms with Crippen molar-refractivity contribution in [3.8, 4) is 0 Å². The molecule has 3 amide bonds. The zero-order valence-corrected chi connectivity index (χ0v) is 22.9. The normalized spacial score (nSPS) is 13.3. The van der Waals surface area contributed by atoms with E-state index in [0.717, 1.165) is 22.2 Å². The number of rotatable bonds is 8. The van der Waals surface area contributed by atoms with E-state index in [1.54, 1.807) is 48.5 Å². The highest BCUT2D eigenvalue weighted by molar-refractivity contribution is 8.04. The number of hydrogen-bond acceptors (Lipinski definition) is 6. The summed E-state index contributed by atoms with van der Waals surface area (Å²) in [5.74, 6) is -0.748. The summed E-state index contributed by atoms with van der Waals surface area (Å²) in [7, 11) is 0. The molecule has 1 aliphatic heterocycles. The van der Waals surface area contributed by atoms with Crippen LogP contribution in [0.5, 0.6) is 0 Å². The van der Waals surface area contributed by atoms with Crippen LogP contribution >= 0.6 is 35.0 Å². The number of aryl methyl sites for hydroxylation is 1. The van der Waals surface area contributed by atoms with Crippen molar-refractivity contribution in [2.75, 3.05) is 10.6 Å². The Labute approximate surface area is 238 Å². The zero-order valence-electron chi connectivity index (χ0n) is 20.5. The molecule has 7 nitrogen and oxygen atoms in total. The molecule has 39 heavy (non-hydrogen) atoms. The minimum Gasteiger partial charge on any atom is -0.467 e. The molecule has 0 bridgehead atoms. The molecule has 1 aromatic heterocycles. The highest BCUT2D eigenvalue weighted by atomic mass is 35.5. The predicted molar refractivity (Wildman–Crippen MR) is 153 cm³/mol. The first-order valence-corrected chi connectivity index (χ1v) is 13.4. The number of thioether (sulfide) groups is 1. The van der Waals surface area contributed by atoms with Crippen LogP contribution in [0.2, 0.25) is 10.0 Å². The van der Waals surface area contributed by atoms with Crippen LogP contribution in [0.15, 0.2) is 105 Å². The Hall–Kier alpha value is -3.98. The van der Waals surface area contributed by atoms with Crippen LogP contribution in [-0.2, 0) is 16.1 Å². The zero-order chi connectivity index (χ0) is 27.5. The number of hydrogen-bond donors (Lipinski definition) is 2. The largest absolute Gasteiger partial charge is 0.467 e. The highest BCUT2D eigenvalue weighted by Crippen LogP contribution is 2.37. The molecule has 2 heterocycles. The molecule has 0 radical (unpaired) electrons. The lowest BCUT2D eigenvalue weighted by molar-refractivity contribution is -0.138. The molecule has 0 saturated carbocycles. The fourth-order valence-corrected chi connectivity index (χ4v) is 5.28. The van der Waals surface area contributed by atoms with E-state index in [1.165, 1.54) is 12.3 Å². The standard InChI is InChI=1S/C29H21Cl2N3O4S/c1-17-4-7-19(8-5-17)32-25-26(29(37)34(28(25)36)16-21-3-2-14-38-21)39-22-11-9-20(10-12-22)33-27(35)23-13-6-18(30)15-24(23)31/h2-15,32H,16H2,1H3,(H,33,35). The quantitative estimate of drug-likeness (QED) is 0.216. The topological polar surface area (TPSA) is 91.7 Å². The van der Waals surface area contributed by atoms with Gasteiger partial charge in [0.25, 0.3) is 17.7 Å². The first kappa shape index (κ1) is 26.6. The maximum absolute atomic E-state index is 13.4. The number of halogens is 2. The van der Waals surface area contributed by atoms with E-state index < -0.39 is 11.8 Å². The van der Waals surface area contributed by atoms with Crippen molar-refractivity contribution in [1.29, 1.82) is 0 Å². The van der Waals surface area contributed by atoms with Crippen molar-refractivity contribution in [1.82, 2.24) is 4.90 Å². The molecule has 196 valence electrons. The molecule has 0 aliphatic carbocycles. The Balaban J connectivity index is 1.37. The number of imide groups is 1. The second kappa shape index (κ2) is 11.4. The molecule has 0 fully saturated rings. The van der Waals surface area contributed by atoms with Crippen LogP contribution in [0, 0.1) is 6.92 Å². The number of amides is 3. The molecule has 1 aliphatic rings. The van der Waals surface area contributed by atoms with Crippen LogP contribution in [-0.4, -0.2) is 22.6 Å². The van der Waals surface area contributed by atoms with Gasteiger partial charge in [-0.1, -0.05) is 52.7 Å². The SMILES string of the molecule is Cc1ccc(NC2=C(Sc3ccc(NC(=O)c4ccc(Cl)cc4Cl)cc3)C(=O)N(Cc3ccco3)C2=O)cc1. The number of benzene rings is 3. The van der Waals surface area contributed by atoms with E-state index in [0.29, 0.717) is 32.6 Å². The summed E-state index contributed by atoms with van der Waals surface area (Å²) in [4.78, 5) is 41.5. The number of nitrogens with zero attached hydrogens (tertiary/aromatic N) is 1.